The molecule has 0 saturated heterocycles. The molecule has 1 aliphatic carbocycles. The highest BCUT2D eigenvalue weighted by Gasteiger charge is 2.49. The molecule has 0 radical (unpaired) electrons. The Hall–Kier alpha value is -1.36. The second-order valence-corrected chi connectivity index (χ2v) is 5.68. The van der Waals surface area contributed by atoms with Gasteiger partial charge in [-0.2, -0.15) is 0 Å². The van der Waals surface area contributed by atoms with E-state index in [1.807, 2.05) is 6.92 Å². The molecule has 1 fully saturated rings. The third-order valence-corrected chi connectivity index (χ3v) is 4.35. The van der Waals surface area contributed by atoms with Crippen molar-refractivity contribution < 1.29 is 18.3 Å². The number of hydrogen-bond donors (Lipinski definition) is 1. The van der Waals surface area contributed by atoms with Gasteiger partial charge in [-0.05, 0) is 37.5 Å². The van der Waals surface area contributed by atoms with Gasteiger partial charge >= 0.3 is 0 Å². The lowest BCUT2D eigenvalue weighted by Crippen LogP contribution is -2.32. The predicted octanol–water partition coefficient (Wildman–Crippen LogP) is 3.16. The summed E-state index contributed by atoms with van der Waals surface area (Å²) in [5.41, 5.74) is 6.36. The van der Waals surface area contributed by atoms with Crippen molar-refractivity contribution in [2.75, 3.05) is 13.2 Å². The van der Waals surface area contributed by atoms with Crippen molar-refractivity contribution in [1.82, 2.24) is 0 Å². The summed E-state index contributed by atoms with van der Waals surface area (Å²) in [5, 5.41) is 0. The lowest BCUT2D eigenvalue weighted by Gasteiger charge is -2.24. The summed E-state index contributed by atoms with van der Waals surface area (Å²) in [6.07, 6.45) is -0.0704. The highest BCUT2D eigenvalue weighted by atomic mass is 19.3. The molecule has 3 rings (SSSR count). The smallest absolute Gasteiger partial charge is 0.264 e. The third-order valence-electron chi connectivity index (χ3n) is 4.35. The van der Waals surface area contributed by atoms with Gasteiger partial charge in [0.05, 0.1) is 13.2 Å². The molecule has 2 N–H and O–H groups in total. The number of ether oxygens (including phenoxy) is 2. The SMILES string of the molecule is CC(N)C1(c2cc3c(cc2C(F)F)OCCCO3)CC1. The molecule has 5 heteroatoms. The van der Waals surface area contributed by atoms with Crippen LogP contribution in [0.2, 0.25) is 0 Å². The predicted molar refractivity (Wildman–Crippen MR) is 71.6 cm³/mol. The minimum absolute atomic E-state index is 0.0315. The molecule has 1 unspecified atom stereocenters. The first-order chi connectivity index (χ1) is 9.54. The van der Waals surface area contributed by atoms with E-state index < -0.39 is 6.43 Å². The number of alkyl halides is 2. The number of fused-ring (bicyclic) bond motifs is 1. The summed E-state index contributed by atoms with van der Waals surface area (Å²) in [5.74, 6) is 0.982. The fourth-order valence-corrected chi connectivity index (χ4v) is 2.94. The van der Waals surface area contributed by atoms with Gasteiger partial charge in [0.1, 0.15) is 0 Å². The molecule has 2 aliphatic rings. The van der Waals surface area contributed by atoms with E-state index in [1.54, 1.807) is 6.07 Å². The van der Waals surface area contributed by atoms with Crippen LogP contribution >= 0.6 is 0 Å². The highest BCUT2D eigenvalue weighted by Crippen LogP contribution is 2.54. The number of nitrogens with two attached hydrogens (primary N) is 1. The number of benzene rings is 1. The van der Waals surface area contributed by atoms with Crippen molar-refractivity contribution in [3.05, 3.63) is 23.3 Å². The van der Waals surface area contributed by atoms with Gasteiger partial charge in [0.2, 0.25) is 0 Å². The van der Waals surface area contributed by atoms with Gasteiger partial charge in [0.15, 0.2) is 11.5 Å². The minimum Gasteiger partial charge on any atom is -0.490 e. The van der Waals surface area contributed by atoms with E-state index >= 15 is 0 Å². The molecule has 110 valence electrons. The van der Waals surface area contributed by atoms with Gasteiger partial charge in [-0.3, -0.25) is 0 Å². The quantitative estimate of drug-likeness (QED) is 0.926. The summed E-state index contributed by atoms with van der Waals surface area (Å²) in [6.45, 7) is 2.92. The molecule has 0 amide bonds. The molecule has 0 aromatic heterocycles. The lowest BCUT2D eigenvalue weighted by molar-refractivity contribution is 0.148. The molecule has 1 saturated carbocycles. The maximum Gasteiger partial charge on any atom is 0.264 e. The van der Waals surface area contributed by atoms with Gasteiger partial charge in [0, 0.05) is 23.4 Å². The van der Waals surface area contributed by atoms with Crippen LogP contribution < -0.4 is 15.2 Å². The van der Waals surface area contributed by atoms with Crippen molar-refractivity contribution >= 4 is 0 Å². The fourth-order valence-electron chi connectivity index (χ4n) is 2.94. The largest absolute Gasteiger partial charge is 0.490 e. The van der Waals surface area contributed by atoms with E-state index in [2.05, 4.69) is 0 Å². The van der Waals surface area contributed by atoms with E-state index in [0.29, 0.717) is 30.3 Å². The molecule has 0 bridgehead atoms. The maximum atomic E-state index is 13.4. The highest BCUT2D eigenvalue weighted by molar-refractivity contribution is 5.53. The van der Waals surface area contributed by atoms with Crippen LogP contribution in [0.4, 0.5) is 8.78 Å². The van der Waals surface area contributed by atoms with Crippen molar-refractivity contribution in [3.8, 4) is 11.5 Å². The van der Waals surface area contributed by atoms with E-state index in [-0.39, 0.29) is 17.0 Å². The van der Waals surface area contributed by atoms with Crippen molar-refractivity contribution in [3.63, 3.8) is 0 Å². The Morgan fingerprint density at radius 1 is 1.15 bits per heavy atom. The molecule has 20 heavy (non-hydrogen) atoms. The van der Waals surface area contributed by atoms with Gasteiger partial charge in [0.25, 0.3) is 6.43 Å². The zero-order valence-electron chi connectivity index (χ0n) is 11.5. The second kappa shape index (κ2) is 4.88. The standard InChI is InChI=1S/C15H19F2NO2/c1-9(18)15(3-4-15)11-8-13-12(7-10(11)14(16)17)19-5-2-6-20-13/h7-9,14H,2-6,18H2,1H3. The third kappa shape index (κ3) is 2.14. The van der Waals surface area contributed by atoms with Crippen LogP contribution in [0.1, 0.15) is 43.7 Å². The molecule has 1 aliphatic heterocycles. The molecule has 1 aromatic rings. The topological polar surface area (TPSA) is 44.5 Å². The molecule has 1 heterocycles. The zero-order valence-corrected chi connectivity index (χ0v) is 11.5. The van der Waals surface area contributed by atoms with E-state index in [1.165, 1.54) is 6.07 Å². The Morgan fingerprint density at radius 2 is 1.75 bits per heavy atom. The Kier molecular flexibility index (Phi) is 3.32. The maximum absolute atomic E-state index is 13.4. The first kappa shape index (κ1) is 13.6. The van der Waals surface area contributed by atoms with E-state index in [9.17, 15) is 8.78 Å². The van der Waals surface area contributed by atoms with Crippen molar-refractivity contribution in [1.29, 1.82) is 0 Å². The molecular weight excluding hydrogens is 264 g/mol. The van der Waals surface area contributed by atoms with Crippen molar-refractivity contribution in [2.24, 2.45) is 5.73 Å². The van der Waals surface area contributed by atoms with E-state index in [4.69, 9.17) is 15.2 Å². The molecular formula is C15H19F2NO2. The summed E-state index contributed by atoms with van der Waals surface area (Å²) in [6, 6.07) is 3.01. The van der Waals surface area contributed by atoms with Crippen molar-refractivity contribution in [2.45, 2.75) is 44.1 Å². The van der Waals surface area contributed by atoms with E-state index in [0.717, 1.165) is 19.3 Å². The summed E-state index contributed by atoms with van der Waals surface area (Å²) in [7, 11) is 0. The van der Waals surface area contributed by atoms with Crippen LogP contribution in [0.15, 0.2) is 12.1 Å². The second-order valence-electron chi connectivity index (χ2n) is 5.68. The summed E-state index contributed by atoms with van der Waals surface area (Å²) >= 11 is 0. The minimum atomic E-state index is -2.53. The first-order valence-electron chi connectivity index (χ1n) is 7.02. The molecule has 3 nitrogen and oxygen atoms in total. The average Bonchev–Trinajstić information content (AvgIpc) is 3.21. The number of halogens is 2. The van der Waals surface area contributed by atoms with Crippen LogP contribution in [0, 0.1) is 0 Å². The Labute approximate surface area is 117 Å². The Balaban J connectivity index is 2.10. The summed E-state index contributed by atoms with van der Waals surface area (Å²) < 4.78 is 37.9. The van der Waals surface area contributed by atoms with Gasteiger partial charge in [-0.1, -0.05) is 0 Å². The Bertz CT molecular complexity index is 513. The van der Waals surface area contributed by atoms with Crippen LogP contribution in [-0.2, 0) is 5.41 Å². The first-order valence-corrected chi connectivity index (χ1v) is 7.02. The molecule has 1 aromatic carbocycles. The lowest BCUT2D eigenvalue weighted by atomic mass is 9.85. The Morgan fingerprint density at radius 3 is 2.25 bits per heavy atom. The average molecular weight is 283 g/mol. The molecule has 1 atom stereocenters. The van der Waals surface area contributed by atoms with Crippen LogP contribution in [0.25, 0.3) is 0 Å². The van der Waals surface area contributed by atoms with Gasteiger partial charge in [-0.25, -0.2) is 8.78 Å². The monoisotopic (exact) mass is 283 g/mol. The number of hydrogen-bond acceptors (Lipinski definition) is 3. The summed E-state index contributed by atoms with van der Waals surface area (Å²) in [4.78, 5) is 0. The van der Waals surface area contributed by atoms with Gasteiger partial charge in [-0.15, -0.1) is 0 Å². The van der Waals surface area contributed by atoms with Crippen LogP contribution in [0.5, 0.6) is 11.5 Å². The number of rotatable bonds is 3. The van der Waals surface area contributed by atoms with Crippen LogP contribution in [0.3, 0.4) is 0 Å². The van der Waals surface area contributed by atoms with Gasteiger partial charge < -0.3 is 15.2 Å². The fraction of sp³-hybridized carbons (Fsp3) is 0.600. The molecule has 0 spiro atoms. The van der Waals surface area contributed by atoms with Crippen LogP contribution in [-0.4, -0.2) is 19.3 Å². The zero-order chi connectivity index (χ0) is 14.3. The normalized spacial score (nSPS) is 21.4.